The lowest BCUT2D eigenvalue weighted by Crippen LogP contribution is -2.45. The average Bonchev–Trinajstić information content (AvgIpc) is 3.04. The molecule has 0 aliphatic carbocycles. The molecule has 1 aromatic carbocycles. The Bertz CT molecular complexity index is 772. The summed E-state index contributed by atoms with van der Waals surface area (Å²) in [5.41, 5.74) is 8.52. The molecule has 1 aromatic heterocycles. The number of rotatable bonds is 6. The van der Waals surface area contributed by atoms with Crippen LogP contribution in [0.1, 0.15) is 42.9 Å². The first-order valence-electron chi connectivity index (χ1n) is 10.4. The molecule has 4 rings (SSSR count). The minimum absolute atomic E-state index is 0.0835. The van der Waals surface area contributed by atoms with Crippen LogP contribution in [0.15, 0.2) is 54.9 Å². The molecule has 1 amide bonds. The molecule has 2 aromatic rings. The fraction of sp³-hybridized carbons (Fsp3) is 0.478. The highest BCUT2D eigenvalue weighted by Crippen LogP contribution is 2.42. The van der Waals surface area contributed by atoms with Gasteiger partial charge in [0.25, 0.3) is 0 Å². The standard InChI is InChI=1S/C23H30N4O/c24-21(20-6-2-1-3-7-20)8-13-26-14-9-23(10-15-26)11-16-27(22(23)28)18-19-5-4-12-25-17-19/h1-7,12,17,21H,8-11,13-16,18,24H2/t21-/m0/s1. The third-order valence-electron chi connectivity index (χ3n) is 6.49. The highest BCUT2D eigenvalue weighted by molar-refractivity contribution is 5.85. The molecule has 1 atom stereocenters. The number of nitrogens with two attached hydrogens (primary N) is 1. The van der Waals surface area contributed by atoms with E-state index in [1.54, 1.807) is 6.20 Å². The molecule has 5 heteroatoms. The predicted octanol–water partition coefficient (Wildman–Crippen LogP) is 2.99. The third-order valence-corrected chi connectivity index (χ3v) is 6.49. The van der Waals surface area contributed by atoms with E-state index in [2.05, 4.69) is 22.0 Å². The summed E-state index contributed by atoms with van der Waals surface area (Å²) in [4.78, 5) is 21.8. The maximum Gasteiger partial charge on any atom is 0.229 e. The minimum Gasteiger partial charge on any atom is -0.338 e. The largest absolute Gasteiger partial charge is 0.338 e. The summed E-state index contributed by atoms with van der Waals surface area (Å²) in [6.45, 7) is 4.54. The number of pyridine rings is 1. The van der Waals surface area contributed by atoms with Crippen LogP contribution in [0.4, 0.5) is 0 Å². The van der Waals surface area contributed by atoms with E-state index in [1.165, 1.54) is 5.56 Å². The van der Waals surface area contributed by atoms with Gasteiger partial charge in [-0.25, -0.2) is 0 Å². The minimum atomic E-state index is -0.139. The number of hydrogen-bond donors (Lipinski definition) is 1. The van der Waals surface area contributed by atoms with Gasteiger partial charge in [-0.1, -0.05) is 36.4 Å². The highest BCUT2D eigenvalue weighted by atomic mass is 16.2. The molecule has 3 heterocycles. The lowest BCUT2D eigenvalue weighted by atomic mass is 9.77. The van der Waals surface area contributed by atoms with Gasteiger partial charge in [-0.3, -0.25) is 9.78 Å². The maximum absolute atomic E-state index is 13.1. The van der Waals surface area contributed by atoms with E-state index < -0.39 is 0 Å². The Hall–Kier alpha value is -2.24. The molecule has 0 unspecified atom stereocenters. The van der Waals surface area contributed by atoms with Gasteiger partial charge >= 0.3 is 0 Å². The molecular formula is C23H30N4O. The number of piperidine rings is 1. The Morgan fingerprint density at radius 2 is 1.79 bits per heavy atom. The zero-order valence-electron chi connectivity index (χ0n) is 16.5. The van der Waals surface area contributed by atoms with Crippen molar-refractivity contribution in [3.05, 3.63) is 66.0 Å². The summed E-state index contributed by atoms with van der Waals surface area (Å²) < 4.78 is 0. The molecule has 5 nitrogen and oxygen atoms in total. The molecule has 1 spiro atoms. The van der Waals surface area contributed by atoms with Crippen LogP contribution < -0.4 is 5.73 Å². The van der Waals surface area contributed by atoms with Gasteiger partial charge in [0.1, 0.15) is 0 Å². The molecular weight excluding hydrogens is 348 g/mol. The van der Waals surface area contributed by atoms with E-state index in [0.29, 0.717) is 12.5 Å². The SMILES string of the molecule is N[C@@H](CCN1CCC2(CC1)CCN(Cc1cccnc1)C2=O)c1ccccc1. The predicted molar refractivity (Wildman–Crippen MR) is 110 cm³/mol. The van der Waals surface area contributed by atoms with Crippen LogP contribution in [0.5, 0.6) is 0 Å². The molecule has 2 N–H and O–H groups in total. The Kier molecular flexibility index (Phi) is 5.74. The molecule has 2 aliphatic rings. The molecule has 0 bridgehead atoms. The van der Waals surface area contributed by atoms with Gasteiger partial charge in [-0.05, 0) is 62.5 Å². The number of aromatic nitrogens is 1. The number of hydrogen-bond acceptors (Lipinski definition) is 4. The van der Waals surface area contributed by atoms with Crippen LogP contribution in [0.25, 0.3) is 0 Å². The monoisotopic (exact) mass is 378 g/mol. The van der Waals surface area contributed by atoms with Crippen molar-refractivity contribution < 1.29 is 4.79 Å². The van der Waals surface area contributed by atoms with Crippen LogP contribution in [-0.4, -0.2) is 46.9 Å². The fourth-order valence-corrected chi connectivity index (χ4v) is 4.61. The summed E-state index contributed by atoms with van der Waals surface area (Å²) in [5, 5.41) is 0. The first-order valence-corrected chi connectivity index (χ1v) is 10.4. The van der Waals surface area contributed by atoms with Gasteiger partial charge in [-0.15, -0.1) is 0 Å². The summed E-state index contributed by atoms with van der Waals surface area (Å²) in [5.74, 6) is 0.344. The maximum atomic E-state index is 13.1. The van der Waals surface area contributed by atoms with Crippen molar-refractivity contribution in [3.63, 3.8) is 0 Å². The van der Waals surface area contributed by atoms with Crippen molar-refractivity contribution in [1.29, 1.82) is 0 Å². The number of amides is 1. The normalized spacial score (nSPS) is 20.6. The van der Waals surface area contributed by atoms with E-state index in [0.717, 1.165) is 57.4 Å². The lowest BCUT2D eigenvalue weighted by molar-refractivity contribution is -0.138. The number of carbonyl (C=O) groups is 1. The Morgan fingerprint density at radius 1 is 1.04 bits per heavy atom. The van der Waals surface area contributed by atoms with E-state index in [9.17, 15) is 4.79 Å². The van der Waals surface area contributed by atoms with Gasteiger partial charge in [-0.2, -0.15) is 0 Å². The van der Waals surface area contributed by atoms with E-state index >= 15 is 0 Å². The molecule has 28 heavy (non-hydrogen) atoms. The summed E-state index contributed by atoms with van der Waals surface area (Å²) >= 11 is 0. The van der Waals surface area contributed by atoms with Crippen LogP contribution >= 0.6 is 0 Å². The summed E-state index contributed by atoms with van der Waals surface area (Å²) in [6, 6.07) is 14.4. The van der Waals surface area contributed by atoms with Crippen LogP contribution in [0, 0.1) is 5.41 Å². The molecule has 2 saturated heterocycles. The van der Waals surface area contributed by atoms with Crippen molar-refractivity contribution >= 4 is 5.91 Å². The Labute approximate surface area is 167 Å². The zero-order chi connectivity index (χ0) is 19.4. The average molecular weight is 379 g/mol. The van der Waals surface area contributed by atoms with Crippen molar-refractivity contribution in [2.24, 2.45) is 11.1 Å². The molecule has 0 radical (unpaired) electrons. The third kappa shape index (κ3) is 4.10. The Morgan fingerprint density at radius 3 is 2.50 bits per heavy atom. The first kappa shape index (κ1) is 19.1. The fourth-order valence-electron chi connectivity index (χ4n) is 4.61. The van der Waals surface area contributed by atoms with Crippen molar-refractivity contribution in [2.75, 3.05) is 26.2 Å². The van der Waals surface area contributed by atoms with Crippen molar-refractivity contribution in [3.8, 4) is 0 Å². The zero-order valence-corrected chi connectivity index (χ0v) is 16.5. The molecule has 148 valence electrons. The first-order chi connectivity index (χ1) is 13.7. The van der Waals surface area contributed by atoms with Gasteiger partial charge < -0.3 is 15.5 Å². The van der Waals surface area contributed by atoms with Gasteiger partial charge in [0.15, 0.2) is 0 Å². The summed E-state index contributed by atoms with van der Waals surface area (Å²) in [6.07, 6.45) is 7.51. The second-order valence-electron chi connectivity index (χ2n) is 8.27. The Balaban J connectivity index is 1.27. The number of benzene rings is 1. The lowest BCUT2D eigenvalue weighted by Gasteiger charge is -2.38. The van der Waals surface area contributed by atoms with Crippen LogP contribution in [0.3, 0.4) is 0 Å². The summed E-state index contributed by atoms with van der Waals surface area (Å²) in [7, 11) is 0. The van der Waals surface area contributed by atoms with Gasteiger partial charge in [0, 0.05) is 31.5 Å². The van der Waals surface area contributed by atoms with Crippen molar-refractivity contribution in [2.45, 2.75) is 38.3 Å². The molecule has 2 fully saturated rings. The van der Waals surface area contributed by atoms with E-state index in [1.807, 2.05) is 41.4 Å². The molecule has 0 saturated carbocycles. The van der Waals surface area contributed by atoms with Crippen LogP contribution in [0.2, 0.25) is 0 Å². The van der Waals surface area contributed by atoms with E-state index in [-0.39, 0.29) is 11.5 Å². The number of likely N-dealkylation sites (tertiary alicyclic amines) is 2. The highest BCUT2D eigenvalue weighted by Gasteiger charge is 2.47. The van der Waals surface area contributed by atoms with Gasteiger partial charge in [0.2, 0.25) is 5.91 Å². The number of nitrogens with zero attached hydrogens (tertiary/aromatic N) is 3. The second-order valence-corrected chi connectivity index (χ2v) is 8.27. The smallest absolute Gasteiger partial charge is 0.229 e. The van der Waals surface area contributed by atoms with E-state index in [4.69, 9.17) is 5.73 Å². The quantitative estimate of drug-likeness (QED) is 0.839. The number of carbonyl (C=O) groups excluding carboxylic acids is 1. The van der Waals surface area contributed by atoms with Crippen molar-refractivity contribution in [1.82, 2.24) is 14.8 Å². The second kappa shape index (κ2) is 8.41. The topological polar surface area (TPSA) is 62.5 Å². The molecule has 2 aliphatic heterocycles. The van der Waals surface area contributed by atoms with Gasteiger partial charge in [0.05, 0.1) is 5.41 Å². The van der Waals surface area contributed by atoms with Crippen LogP contribution in [-0.2, 0) is 11.3 Å².